The molecular formula is C15H24N5O8+. The molecule has 0 spiro atoms. The summed E-state index contributed by atoms with van der Waals surface area (Å²) in [5, 5.41) is 37.1. The molecule has 0 aliphatic carbocycles. The van der Waals surface area contributed by atoms with Gasteiger partial charge in [-0.15, -0.1) is 0 Å². The number of nitrogens with zero attached hydrogens (tertiary/aromatic N) is 2. The van der Waals surface area contributed by atoms with Crippen LogP contribution in [-0.2, 0) is 14.3 Å². The van der Waals surface area contributed by atoms with Gasteiger partial charge in [-0.05, 0) is 13.3 Å². The minimum absolute atomic E-state index is 0.00966. The van der Waals surface area contributed by atoms with Gasteiger partial charge in [0.15, 0.2) is 5.82 Å². The van der Waals surface area contributed by atoms with Gasteiger partial charge in [-0.2, -0.15) is 4.98 Å². The number of aliphatic hydroxyl groups is 1. The van der Waals surface area contributed by atoms with Crippen molar-refractivity contribution in [2.24, 2.45) is 0 Å². The molecule has 0 bridgehead atoms. The van der Waals surface area contributed by atoms with E-state index < -0.39 is 36.2 Å². The highest BCUT2D eigenvalue weighted by Crippen LogP contribution is 2.20. The Kier molecular flexibility index (Phi) is 7.66. The molecule has 156 valence electrons. The summed E-state index contributed by atoms with van der Waals surface area (Å²) in [6.45, 7) is 2.76. The second-order valence-corrected chi connectivity index (χ2v) is 6.26. The van der Waals surface area contributed by atoms with E-state index in [4.69, 9.17) is 19.5 Å². The lowest BCUT2D eigenvalue weighted by Gasteiger charge is -2.20. The number of carboxylic acid groups (broad SMARTS) is 1. The molecule has 0 aromatic carbocycles. The number of urea groups is 1. The number of morpholine rings is 1. The van der Waals surface area contributed by atoms with Crippen molar-refractivity contribution in [3.8, 4) is 0 Å². The van der Waals surface area contributed by atoms with Crippen molar-refractivity contribution in [1.29, 1.82) is 0 Å². The molecule has 1 saturated heterocycles. The van der Waals surface area contributed by atoms with Crippen molar-refractivity contribution >= 4 is 18.0 Å². The Bertz CT molecular complexity index is 688. The van der Waals surface area contributed by atoms with E-state index >= 15 is 0 Å². The Labute approximate surface area is 159 Å². The van der Waals surface area contributed by atoms with Gasteiger partial charge in [-0.25, -0.2) is 4.79 Å². The molecule has 13 nitrogen and oxygen atoms in total. The number of hydrogen-bond donors (Lipinski definition) is 5. The summed E-state index contributed by atoms with van der Waals surface area (Å²) in [5.41, 5.74) is 0. The number of aliphatic hydroxyl groups excluding tert-OH is 1. The number of nitrogens with one attached hydrogen (secondary N) is 3. The fourth-order valence-electron chi connectivity index (χ4n) is 2.53. The monoisotopic (exact) mass is 402 g/mol. The number of aromatic nitrogens is 2. The number of carboxylic acids is 1. The van der Waals surface area contributed by atoms with Gasteiger partial charge in [-0.1, -0.05) is 5.16 Å². The van der Waals surface area contributed by atoms with Crippen molar-refractivity contribution < 1.29 is 39.0 Å². The molecule has 2 rings (SSSR count). The number of amides is 2. The van der Waals surface area contributed by atoms with Crippen molar-refractivity contribution in [1.82, 2.24) is 26.1 Å². The van der Waals surface area contributed by atoms with Crippen LogP contribution in [0.25, 0.3) is 0 Å². The molecule has 2 amide bonds. The summed E-state index contributed by atoms with van der Waals surface area (Å²) in [4.78, 5) is 38.5. The zero-order valence-electron chi connectivity index (χ0n) is 15.2. The minimum atomic E-state index is -1.43. The minimum Gasteiger partial charge on any atom is -0.563 e. The number of carbonyl (C=O) groups is 3. The second-order valence-electron chi connectivity index (χ2n) is 6.26. The highest BCUT2D eigenvalue weighted by molar-refractivity contribution is 5.83. The van der Waals surface area contributed by atoms with Crippen LogP contribution >= 0.6 is 0 Å². The molecule has 0 radical (unpaired) electrons. The Morgan fingerprint density at radius 3 is 2.71 bits per heavy atom. The molecule has 4 atom stereocenters. The molecule has 1 fully saturated rings. The Morgan fingerprint density at radius 1 is 1.39 bits per heavy atom. The molecule has 1 aliphatic heterocycles. The summed E-state index contributed by atoms with van der Waals surface area (Å²) in [7, 11) is 0. The van der Waals surface area contributed by atoms with E-state index in [0.717, 1.165) is 0 Å². The van der Waals surface area contributed by atoms with Crippen LogP contribution in [0.5, 0.6) is 0 Å². The quantitative estimate of drug-likeness (QED) is 0.286. The van der Waals surface area contributed by atoms with Gasteiger partial charge in [0.2, 0.25) is 11.9 Å². The Morgan fingerprint density at radius 2 is 2.14 bits per heavy atom. The van der Waals surface area contributed by atoms with E-state index in [9.17, 15) is 19.5 Å². The number of rotatable bonds is 9. The van der Waals surface area contributed by atoms with E-state index in [0.29, 0.717) is 25.6 Å². The van der Waals surface area contributed by atoms with Gasteiger partial charge in [0, 0.05) is 17.8 Å². The maximum absolute atomic E-state index is 12.2. The molecular weight excluding hydrogens is 378 g/mol. The molecule has 1 aromatic rings. The van der Waals surface area contributed by atoms with Gasteiger partial charge in [0.1, 0.15) is 6.04 Å². The zero-order chi connectivity index (χ0) is 20.7. The molecule has 1 aliphatic rings. The molecule has 13 heteroatoms. The van der Waals surface area contributed by atoms with Gasteiger partial charge in [0.25, 0.3) is 0 Å². The summed E-state index contributed by atoms with van der Waals surface area (Å²) >= 11 is 0. The van der Waals surface area contributed by atoms with Crippen molar-refractivity contribution in [3.05, 3.63) is 11.7 Å². The maximum Gasteiger partial charge on any atom is 0.541 e. The summed E-state index contributed by atoms with van der Waals surface area (Å²) in [6, 6.07) is -3.55. The second kappa shape index (κ2) is 9.96. The van der Waals surface area contributed by atoms with Crippen LogP contribution in [0.1, 0.15) is 43.6 Å². The fraction of sp³-hybridized carbons (Fsp3) is 0.667. The third-order valence-electron chi connectivity index (χ3n) is 3.99. The smallest absolute Gasteiger partial charge is 0.541 e. The van der Waals surface area contributed by atoms with Crippen LogP contribution in [-0.4, -0.2) is 75.3 Å². The van der Waals surface area contributed by atoms with Crippen LogP contribution < -0.4 is 16.0 Å². The highest BCUT2D eigenvalue weighted by Gasteiger charge is 2.33. The van der Waals surface area contributed by atoms with Crippen LogP contribution in [0.2, 0.25) is 0 Å². The average molecular weight is 402 g/mol. The predicted octanol–water partition coefficient (Wildman–Crippen LogP) is -2.06. The summed E-state index contributed by atoms with van der Waals surface area (Å²) < 4.78 is 10.5. The number of hydrogen-bond acceptors (Lipinski definition) is 9. The maximum atomic E-state index is 12.2. The lowest BCUT2D eigenvalue weighted by atomic mass is 10.1. The largest absolute Gasteiger partial charge is 0.563 e. The Hall–Kier alpha value is -2.77. The molecule has 2 unspecified atom stereocenters. The van der Waals surface area contributed by atoms with Gasteiger partial charge in [-0.3, -0.25) is 4.79 Å². The topological polar surface area (TPSA) is 199 Å². The molecule has 7 N–H and O–H groups in total. The standard InChI is InChI=1S/C15H23N5O8/c1-7(21)11(14(24)25)18-15(26)17-8(2-3-10(22)23)13-19-12(20-28-13)9-6-27-5-4-16-9/h7-9,11,16,21H,2-6H2,1H3,(H,22,23)(H,24,25)(H2,17,18,26)/p+1/t7?,8-,9?,11-/m0/s1. The van der Waals surface area contributed by atoms with Gasteiger partial charge >= 0.3 is 18.0 Å². The van der Waals surface area contributed by atoms with E-state index in [1.807, 2.05) is 0 Å². The van der Waals surface area contributed by atoms with Crippen LogP contribution in [0, 0.1) is 0 Å². The fourth-order valence-corrected chi connectivity index (χ4v) is 2.53. The first-order valence-electron chi connectivity index (χ1n) is 8.65. The van der Waals surface area contributed by atoms with Gasteiger partial charge in [0.05, 0.1) is 25.4 Å². The summed E-state index contributed by atoms with van der Waals surface area (Å²) in [5.74, 6) is -1.96. The van der Waals surface area contributed by atoms with Crippen LogP contribution in [0.15, 0.2) is 4.52 Å². The SMILES string of the molecule is CC(O)[C@H](NC(=O)N[C@@H](CCC(=O)O)c1nc(C2COCCN2)no1)C(=O)[OH2+]. The first-order chi connectivity index (χ1) is 13.3. The predicted molar refractivity (Wildman–Crippen MR) is 91.2 cm³/mol. The van der Waals surface area contributed by atoms with E-state index in [-0.39, 0.29) is 24.8 Å². The van der Waals surface area contributed by atoms with E-state index in [1.54, 1.807) is 0 Å². The zero-order valence-corrected chi connectivity index (χ0v) is 15.2. The molecule has 2 heterocycles. The van der Waals surface area contributed by atoms with E-state index in [2.05, 4.69) is 26.1 Å². The lowest BCUT2D eigenvalue weighted by Crippen LogP contribution is -2.51. The average Bonchev–Trinajstić information content (AvgIpc) is 3.13. The summed E-state index contributed by atoms with van der Waals surface area (Å²) in [6.07, 6.45) is -1.61. The van der Waals surface area contributed by atoms with Crippen molar-refractivity contribution in [2.75, 3.05) is 19.8 Å². The lowest BCUT2D eigenvalue weighted by molar-refractivity contribution is -0.141. The van der Waals surface area contributed by atoms with Crippen molar-refractivity contribution in [2.45, 2.75) is 44.0 Å². The van der Waals surface area contributed by atoms with Gasteiger partial charge < -0.3 is 40.5 Å². The number of ether oxygens (including phenoxy) is 1. The normalized spacial score (nSPS) is 20.0. The van der Waals surface area contributed by atoms with Crippen LogP contribution in [0.4, 0.5) is 4.79 Å². The van der Waals surface area contributed by atoms with Crippen molar-refractivity contribution in [3.63, 3.8) is 0 Å². The first-order valence-corrected chi connectivity index (χ1v) is 8.65. The number of aliphatic carboxylic acids is 1. The molecule has 0 saturated carbocycles. The third kappa shape index (κ3) is 6.14. The molecule has 28 heavy (non-hydrogen) atoms. The molecule has 1 aromatic heterocycles. The van der Waals surface area contributed by atoms with Crippen LogP contribution in [0.3, 0.4) is 0 Å². The van der Waals surface area contributed by atoms with E-state index in [1.165, 1.54) is 6.92 Å². The Balaban J connectivity index is 2.08. The highest BCUT2D eigenvalue weighted by atomic mass is 16.5. The third-order valence-corrected chi connectivity index (χ3v) is 3.99. The first kappa shape index (κ1) is 21.5. The number of carbonyl (C=O) groups excluding carboxylic acids is 2.